The standard InChI is InChI=1S/C8H4F10O3/c9-4(10)2-6(14,15)21-7(4,16)8(17,18)20-3(19)1-5(11,12)13/h1-2H2. The van der Waals surface area contributed by atoms with Crippen molar-refractivity contribution in [2.45, 2.75) is 43.0 Å². The summed E-state index contributed by atoms with van der Waals surface area (Å²) in [6.07, 6.45) is -21.9. The minimum absolute atomic E-state index is 2.59. The lowest BCUT2D eigenvalue weighted by Gasteiger charge is -2.31. The lowest BCUT2D eigenvalue weighted by atomic mass is 10.1. The molecular weight excluding hydrogens is 334 g/mol. The summed E-state index contributed by atoms with van der Waals surface area (Å²) in [5.74, 6) is -14.2. The van der Waals surface area contributed by atoms with Crippen LogP contribution >= 0.6 is 0 Å². The number of alkyl halides is 10. The first-order chi connectivity index (χ1) is 9.02. The number of carbonyl (C=O) groups is 1. The molecule has 0 spiro atoms. The Morgan fingerprint density at radius 2 is 1.52 bits per heavy atom. The SMILES string of the molecule is O=C(CC(F)(F)F)OC(F)(F)C1(F)OC(F)(F)CC1(F)F. The van der Waals surface area contributed by atoms with Crippen LogP contribution in [0.25, 0.3) is 0 Å². The Kier molecular flexibility index (Phi) is 3.90. The van der Waals surface area contributed by atoms with Crippen LogP contribution in [-0.4, -0.2) is 36.1 Å². The smallest absolute Gasteiger partial charge is 0.396 e. The fourth-order valence-electron chi connectivity index (χ4n) is 1.37. The molecule has 1 aliphatic heterocycles. The molecule has 1 aliphatic rings. The van der Waals surface area contributed by atoms with E-state index >= 15 is 0 Å². The fraction of sp³-hybridized carbons (Fsp3) is 0.875. The first kappa shape index (κ1) is 17.8. The van der Waals surface area contributed by atoms with Crippen LogP contribution < -0.4 is 0 Å². The summed E-state index contributed by atoms with van der Waals surface area (Å²) < 4.78 is 131. The van der Waals surface area contributed by atoms with E-state index in [4.69, 9.17) is 0 Å². The van der Waals surface area contributed by atoms with Gasteiger partial charge in [0.05, 0.1) is 0 Å². The molecule has 21 heavy (non-hydrogen) atoms. The second-order valence-corrected chi connectivity index (χ2v) is 4.00. The fourth-order valence-corrected chi connectivity index (χ4v) is 1.37. The first-order valence-electron chi connectivity index (χ1n) is 4.82. The summed E-state index contributed by atoms with van der Waals surface area (Å²) in [6.45, 7) is 0. The van der Waals surface area contributed by atoms with Crippen LogP contribution in [0.5, 0.6) is 0 Å². The van der Waals surface area contributed by atoms with Crippen molar-refractivity contribution in [3.8, 4) is 0 Å². The summed E-state index contributed by atoms with van der Waals surface area (Å²) in [4.78, 5) is 10.5. The predicted octanol–water partition coefficient (Wildman–Crippen LogP) is 3.39. The van der Waals surface area contributed by atoms with Crippen LogP contribution in [0.2, 0.25) is 0 Å². The van der Waals surface area contributed by atoms with Gasteiger partial charge in [-0.2, -0.15) is 43.9 Å². The highest BCUT2D eigenvalue weighted by atomic mass is 19.4. The summed E-state index contributed by atoms with van der Waals surface area (Å²) >= 11 is 0. The Balaban J connectivity index is 2.99. The number of esters is 1. The highest BCUT2D eigenvalue weighted by Crippen LogP contribution is 2.57. The lowest BCUT2D eigenvalue weighted by Crippen LogP contribution is -2.57. The average Bonchev–Trinajstić information content (AvgIpc) is 2.25. The van der Waals surface area contributed by atoms with Gasteiger partial charge >= 0.3 is 36.1 Å². The molecule has 0 aliphatic carbocycles. The minimum atomic E-state index is -6.07. The number of hydrogen-bond acceptors (Lipinski definition) is 3. The van der Waals surface area contributed by atoms with E-state index in [0.29, 0.717) is 0 Å². The topological polar surface area (TPSA) is 35.5 Å². The lowest BCUT2D eigenvalue weighted by molar-refractivity contribution is -0.427. The zero-order valence-corrected chi connectivity index (χ0v) is 9.42. The predicted molar refractivity (Wildman–Crippen MR) is 41.1 cm³/mol. The largest absolute Gasteiger partial charge is 0.468 e. The zero-order chi connectivity index (χ0) is 16.9. The molecule has 1 rings (SSSR count). The molecule has 1 saturated heterocycles. The monoisotopic (exact) mass is 338 g/mol. The van der Waals surface area contributed by atoms with Gasteiger partial charge in [-0.3, -0.25) is 9.53 Å². The van der Waals surface area contributed by atoms with Crippen molar-refractivity contribution in [1.29, 1.82) is 0 Å². The molecule has 0 aromatic rings. The van der Waals surface area contributed by atoms with Gasteiger partial charge in [0.2, 0.25) is 0 Å². The van der Waals surface area contributed by atoms with E-state index < -0.39 is 49.0 Å². The maximum absolute atomic E-state index is 13.4. The van der Waals surface area contributed by atoms with E-state index in [1.807, 2.05) is 0 Å². The molecule has 0 radical (unpaired) electrons. The van der Waals surface area contributed by atoms with Crippen LogP contribution in [0.3, 0.4) is 0 Å². The third-order valence-electron chi connectivity index (χ3n) is 2.15. The summed E-state index contributed by atoms with van der Waals surface area (Å²) in [7, 11) is 0. The van der Waals surface area contributed by atoms with E-state index in [9.17, 15) is 48.7 Å². The van der Waals surface area contributed by atoms with Crippen LogP contribution in [0.1, 0.15) is 12.8 Å². The second-order valence-electron chi connectivity index (χ2n) is 4.00. The van der Waals surface area contributed by atoms with Gasteiger partial charge in [0.25, 0.3) is 0 Å². The Bertz CT molecular complexity index is 431. The highest BCUT2D eigenvalue weighted by Gasteiger charge is 2.83. The number of carbonyl (C=O) groups excluding carboxylic acids is 1. The molecule has 0 bridgehead atoms. The second kappa shape index (κ2) is 4.61. The van der Waals surface area contributed by atoms with Gasteiger partial charge in [0.1, 0.15) is 12.8 Å². The van der Waals surface area contributed by atoms with Crippen molar-refractivity contribution >= 4 is 5.97 Å². The minimum Gasteiger partial charge on any atom is -0.396 e. The van der Waals surface area contributed by atoms with Crippen LogP contribution in [-0.2, 0) is 14.3 Å². The van der Waals surface area contributed by atoms with Gasteiger partial charge in [-0.25, -0.2) is 0 Å². The Morgan fingerprint density at radius 3 is 1.86 bits per heavy atom. The van der Waals surface area contributed by atoms with E-state index in [2.05, 4.69) is 9.47 Å². The first-order valence-corrected chi connectivity index (χ1v) is 4.82. The Labute approximate surface area is 108 Å². The van der Waals surface area contributed by atoms with E-state index in [1.54, 1.807) is 0 Å². The summed E-state index contributed by atoms with van der Waals surface area (Å²) in [5, 5.41) is 0. The van der Waals surface area contributed by atoms with Crippen molar-refractivity contribution in [3.05, 3.63) is 0 Å². The van der Waals surface area contributed by atoms with Crippen molar-refractivity contribution in [3.63, 3.8) is 0 Å². The molecule has 0 aromatic carbocycles. The number of halogens is 10. The van der Waals surface area contributed by atoms with Gasteiger partial charge < -0.3 is 4.74 Å². The van der Waals surface area contributed by atoms with Gasteiger partial charge in [0, 0.05) is 0 Å². The number of ether oxygens (including phenoxy) is 2. The van der Waals surface area contributed by atoms with Crippen molar-refractivity contribution in [2.75, 3.05) is 0 Å². The summed E-state index contributed by atoms with van der Waals surface area (Å²) in [6, 6.07) is 0. The third kappa shape index (κ3) is 3.49. The van der Waals surface area contributed by atoms with Crippen molar-refractivity contribution in [1.82, 2.24) is 0 Å². The van der Waals surface area contributed by atoms with Crippen LogP contribution in [0.4, 0.5) is 43.9 Å². The molecule has 0 aromatic heterocycles. The zero-order valence-electron chi connectivity index (χ0n) is 9.42. The highest BCUT2D eigenvalue weighted by molar-refractivity contribution is 5.70. The normalized spacial score (nSPS) is 28.5. The van der Waals surface area contributed by atoms with Gasteiger partial charge in [-0.1, -0.05) is 0 Å². The molecule has 13 heteroatoms. The molecule has 0 amide bonds. The summed E-state index contributed by atoms with van der Waals surface area (Å²) in [5.41, 5.74) is 0. The third-order valence-corrected chi connectivity index (χ3v) is 2.15. The van der Waals surface area contributed by atoms with E-state index in [0.717, 1.165) is 0 Å². The van der Waals surface area contributed by atoms with Crippen LogP contribution in [0, 0.1) is 0 Å². The molecule has 1 atom stereocenters. The van der Waals surface area contributed by atoms with Gasteiger partial charge in [-0.15, -0.1) is 0 Å². The van der Waals surface area contributed by atoms with Gasteiger partial charge in [-0.05, 0) is 0 Å². The molecule has 124 valence electrons. The quantitative estimate of drug-likeness (QED) is 0.585. The maximum atomic E-state index is 13.4. The van der Waals surface area contributed by atoms with Crippen molar-refractivity contribution in [2.24, 2.45) is 0 Å². The van der Waals surface area contributed by atoms with Gasteiger partial charge in [0.15, 0.2) is 0 Å². The Morgan fingerprint density at radius 1 is 1.05 bits per heavy atom. The molecule has 0 saturated carbocycles. The molecule has 1 unspecified atom stereocenters. The molecule has 1 fully saturated rings. The molecular formula is C8H4F10O3. The number of hydrogen-bond donors (Lipinski definition) is 0. The van der Waals surface area contributed by atoms with Crippen molar-refractivity contribution < 1.29 is 58.2 Å². The molecule has 3 nitrogen and oxygen atoms in total. The van der Waals surface area contributed by atoms with E-state index in [-0.39, 0.29) is 0 Å². The van der Waals surface area contributed by atoms with E-state index in [1.165, 1.54) is 0 Å². The van der Waals surface area contributed by atoms with Crippen LogP contribution in [0.15, 0.2) is 0 Å². The molecule has 1 heterocycles. The Hall–Kier alpha value is -1.27. The number of rotatable bonds is 3. The molecule has 0 N–H and O–H groups in total. The average molecular weight is 338 g/mol. The maximum Gasteiger partial charge on any atom is 0.468 e.